The molecule has 2 aliphatic rings. The molecule has 2 unspecified atom stereocenters. The van der Waals surface area contributed by atoms with Gasteiger partial charge in [-0.1, -0.05) is 11.6 Å². The molecule has 1 aromatic heterocycles. The van der Waals surface area contributed by atoms with E-state index in [9.17, 15) is 36.6 Å². The maximum atomic E-state index is 14.7. The normalized spacial score (nSPS) is 25.0. The molecule has 7 nitrogen and oxygen atoms in total. The van der Waals surface area contributed by atoms with Crippen molar-refractivity contribution in [2.75, 3.05) is 5.32 Å². The lowest BCUT2D eigenvalue weighted by atomic mass is 9.69. The number of aliphatic hydroxyl groups excluding tert-OH is 1. The van der Waals surface area contributed by atoms with Crippen molar-refractivity contribution in [1.82, 2.24) is 4.98 Å². The summed E-state index contributed by atoms with van der Waals surface area (Å²) < 4.78 is 68.9. The van der Waals surface area contributed by atoms with E-state index in [0.29, 0.717) is 12.8 Å². The number of nitrogens with one attached hydrogen (secondary N) is 1. The molecule has 2 saturated carbocycles. The molecule has 13 heteroatoms. The Balaban J connectivity index is 1.40. The summed E-state index contributed by atoms with van der Waals surface area (Å²) in [5, 5.41) is 24.0. The van der Waals surface area contributed by atoms with E-state index in [-0.39, 0.29) is 44.2 Å². The number of aromatic nitrogens is 1. The number of pyridine rings is 1. The first-order valence-corrected chi connectivity index (χ1v) is 15.1. The van der Waals surface area contributed by atoms with Crippen LogP contribution in [-0.2, 0) is 9.84 Å². The van der Waals surface area contributed by atoms with Gasteiger partial charge < -0.3 is 15.5 Å². The van der Waals surface area contributed by atoms with Gasteiger partial charge in [0.05, 0.1) is 15.2 Å². The van der Waals surface area contributed by atoms with Crippen molar-refractivity contribution in [3.8, 4) is 0 Å². The Morgan fingerprint density at radius 2 is 1.75 bits per heavy atom. The SMILES string of the molecule is O=C(Nc1ccc(F)c(F)c1)c1ccc(Cl)c(S(=O)(=O)[C@@H]2CC3CC[C@@H](C2)[C@@]3(O)C(O)c2ccnc(Br)c2F)c1. The van der Waals surface area contributed by atoms with Crippen LogP contribution in [0.4, 0.5) is 18.9 Å². The number of anilines is 1. The average Bonchev–Trinajstić information content (AvgIpc) is 3.07. The molecule has 0 spiro atoms. The molecular formula is C27H23BrClF3N2O5S. The van der Waals surface area contributed by atoms with Crippen molar-refractivity contribution >= 4 is 49.0 Å². The Morgan fingerprint density at radius 3 is 2.40 bits per heavy atom. The van der Waals surface area contributed by atoms with Gasteiger partial charge in [0.15, 0.2) is 27.3 Å². The predicted octanol–water partition coefficient (Wildman–Crippen LogP) is 5.59. The number of rotatable bonds is 6. The molecule has 0 radical (unpaired) electrons. The molecular weight excluding hydrogens is 637 g/mol. The van der Waals surface area contributed by atoms with Crippen LogP contribution in [0.15, 0.2) is 58.2 Å². The summed E-state index contributed by atoms with van der Waals surface area (Å²) in [6.45, 7) is 0. The van der Waals surface area contributed by atoms with Crippen molar-refractivity contribution in [1.29, 1.82) is 0 Å². The quantitative estimate of drug-likeness (QED) is 0.297. The average molecular weight is 660 g/mol. The summed E-state index contributed by atoms with van der Waals surface area (Å²) in [6, 6.07) is 7.77. The highest BCUT2D eigenvalue weighted by molar-refractivity contribution is 9.10. The van der Waals surface area contributed by atoms with Crippen LogP contribution in [0, 0.1) is 29.3 Å². The van der Waals surface area contributed by atoms with E-state index in [1.165, 1.54) is 24.4 Å². The number of hydrogen-bond donors (Lipinski definition) is 3. The minimum atomic E-state index is -4.12. The first kappa shape index (κ1) is 29.0. The van der Waals surface area contributed by atoms with Gasteiger partial charge in [0.25, 0.3) is 5.91 Å². The van der Waals surface area contributed by atoms with Gasteiger partial charge in [-0.2, -0.15) is 0 Å². The first-order valence-electron chi connectivity index (χ1n) is 12.3. The van der Waals surface area contributed by atoms with Crippen molar-refractivity contribution in [3.05, 3.63) is 86.9 Å². The highest BCUT2D eigenvalue weighted by atomic mass is 79.9. The molecule has 40 heavy (non-hydrogen) atoms. The zero-order valence-electron chi connectivity index (χ0n) is 20.6. The van der Waals surface area contributed by atoms with E-state index in [0.717, 1.165) is 24.3 Å². The molecule has 0 saturated heterocycles. The van der Waals surface area contributed by atoms with Crippen LogP contribution in [0.5, 0.6) is 0 Å². The maximum absolute atomic E-state index is 14.7. The third kappa shape index (κ3) is 4.94. The molecule has 1 amide bonds. The van der Waals surface area contributed by atoms with Gasteiger partial charge in [-0.25, -0.2) is 26.6 Å². The van der Waals surface area contributed by atoms with Crippen LogP contribution in [-0.4, -0.2) is 40.4 Å². The second-order valence-electron chi connectivity index (χ2n) is 10.1. The largest absolute Gasteiger partial charge is 0.386 e. The second kappa shape index (κ2) is 10.7. The Kier molecular flexibility index (Phi) is 7.77. The summed E-state index contributed by atoms with van der Waals surface area (Å²) in [6.07, 6.45) is 0.541. The summed E-state index contributed by atoms with van der Waals surface area (Å²) >= 11 is 9.25. The predicted molar refractivity (Wildman–Crippen MR) is 144 cm³/mol. The number of fused-ring (bicyclic) bond motifs is 2. The Bertz CT molecular complexity index is 1590. The zero-order valence-corrected chi connectivity index (χ0v) is 23.8. The minimum absolute atomic E-state index is 0.0120. The molecule has 2 aromatic carbocycles. The van der Waals surface area contributed by atoms with Crippen molar-refractivity contribution < 1.29 is 36.6 Å². The van der Waals surface area contributed by atoms with E-state index in [1.54, 1.807) is 0 Å². The van der Waals surface area contributed by atoms with E-state index in [1.807, 2.05) is 0 Å². The summed E-state index contributed by atoms with van der Waals surface area (Å²) in [5.41, 5.74) is -1.98. The fourth-order valence-electron chi connectivity index (χ4n) is 5.95. The van der Waals surface area contributed by atoms with Gasteiger partial charge in [-0.05, 0) is 89.8 Å². The topological polar surface area (TPSA) is 117 Å². The van der Waals surface area contributed by atoms with Crippen molar-refractivity contribution in [3.63, 3.8) is 0 Å². The van der Waals surface area contributed by atoms with Gasteiger partial charge in [0, 0.05) is 29.1 Å². The van der Waals surface area contributed by atoms with Crippen LogP contribution < -0.4 is 5.32 Å². The number of nitrogens with zero attached hydrogens (tertiary/aromatic N) is 1. The van der Waals surface area contributed by atoms with Crippen molar-refractivity contribution in [2.45, 2.75) is 47.5 Å². The molecule has 5 rings (SSSR count). The number of aliphatic hydroxyl groups is 2. The van der Waals surface area contributed by atoms with Crippen LogP contribution in [0.3, 0.4) is 0 Å². The number of amides is 1. The lowest BCUT2D eigenvalue weighted by Gasteiger charge is -2.45. The molecule has 3 N–H and O–H groups in total. The summed E-state index contributed by atoms with van der Waals surface area (Å²) in [7, 11) is -4.12. The smallest absolute Gasteiger partial charge is 0.255 e. The molecule has 212 valence electrons. The number of benzene rings is 2. The molecule has 2 aliphatic carbocycles. The molecule has 2 bridgehead atoms. The highest BCUT2D eigenvalue weighted by Gasteiger charge is 2.59. The van der Waals surface area contributed by atoms with Gasteiger partial charge in [0.1, 0.15) is 16.3 Å². The van der Waals surface area contributed by atoms with E-state index >= 15 is 0 Å². The third-order valence-corrected chi connectivity index (χ3v) is 11.2. The van der Waals surface area contributed by atoms with Gasteiger partial charge in [0.2, 0.25) is 0 Å². The number of halogens is 5. The molecule has 1 heterocycles. The van der Waals surface area contributed by atoms with Crippen LogP contribution in [0.1, 0.15) is 47.7 Å². The Morgan fingerprint density at radius 1 is 1.07 bits per heavy atom. The molecule has 0 aliphatic heterocycles. The van der Waals surface area contributed by atoms with Gasteiger partial charge >= 0.3 is 0 Å². The van der Waals surface area contributed by atoms with Crippen LogP contribution in [0.2, 0.25) is 5.02 Å². The monoisotopic (exact) mass is 658 g/mol. The number of carbonyl (C=O) groups excluding carboxylic acids is 1. The van der Waals surface area contributed by atoms with Crippen LogP contribution in [0.25, 0.3) is 0 Å². The fraction of sp³-hybridized carbons (Fsp3) is 0.333. The second-order valence-corrected chi connectivity index (χ2v) is 13.5. The summed E-state index contributed by atoms with van der Waals surface area (Å²) in [5.74, 6) is -5.10. The van der Waals surface area contributed by atoms with E-state index in [2.05, 4.69) is 26.2 Å². The molecule has 2 fully saturated rings. The highest BCUT2D eigenvalue weighted by Crippen LogP contribution is 2.57. The number of sulfone groups is 1. The first-order chi connectivity index (χ1) is 18.8. The van der Waals surface area contributed by atoms with Crippen LogP contribution >= 0.6 is 27.5 Å². The zero-order chi connectivity index (χ0) is 29.0. The molecule has 3 aromatic rings. The van der Waals surface area contributed by atoms with Gasteiger partial charge in [-0.3, -0.25) is 4.79 Å². The maximum Gasteiger partial charge on any atom is 0.255 e. The van der Waals surface area contributed by atoms with E-state index in [4.69, 9.17) is 11.6 Å². The Hall–Kier alpha value is -2.51. The van der Waals surface area contributed by atoms with Crippen molar-refractivity contribution in [2.24, 2.45) is 11.8 Å². The van der Waals surface area contributed by atoms with E-state index < -0.39 is 62.0 Å². The Labute approximate surface area is 241 Å². The fourth-order valence-corrected chi connectivity index (χ4v) is 8.70. The molecule has 5 atom stereocenters. The van der Waals surface area contributed by atoms with Gasteiger partial charge in [-0.15, -0.1) is 0 Å². The lowest BCUT2D eigenvalue weighted by molar-refractivity contribution is -0.145. The standard InChI is InChI=1S/C27H23BrClF3N2O5S/c28-25-23(32)18(7-8-33-25)24(35)27(37)14-2-3-15(27)11-17(10-14)40(38,39)22-9-13(1-5-19(22)29)26(36)34-16-4-6-20(30)21(31)12-16/h1,4-9,12,14-15,17,24,35,37H,2-3,10-11H2,(H,34,36)/t14-,15?,17-,24?,27-/m0/s1. The lowest BCUT2D eigenvalue weighted by Crippen LogP contribution is -2.52. The number of carbonyl (C=O) groups is 1. The minimum Gasteiger partial charge on any atom is -0.386 e. The number of hydrogen-bond acceptors (Lipinski definition) is 6. The summed E-state index contributed by atoms with van der Waals surface area (Å²) in [4.78, 5) is 16.3. The third-order valence-electron chi connectivity index (χ3n) is 7.99.